The first-order valence-corrected chi connectivity index (χ1v) is 7.42. The fraction of sp³-hybridized carbons (Fsp3) is 0.417. The number of Topliss-reactive ketones (excluding diaryl/α,β-unsaturated/α-hetero) is 1. The van der Waals surface area contributed by atoms with Crippen LogP contribution in [0.2, 0.25) is 0 Å². The summed E-state index contributed by atoms with van der Waals surface area (Å²) in [6, 6.07) is 6.19. The average Bonchev–Trinajstić information content (AvgIpc) is 2.33. The standard InChI is InChI=1S/C12H13FOS2/c13-10-3-1-9(2-4-10)7-11(14)12-8-15-5-6-16-12/h1-4,12H,5-8H2. The molecule has 4 heteroatoms. The van der Waals surface area contributed by atoms with Crippen molar-refractivity contribution in [2.45, 2.75) is 11.7 Å². The van der Waals surface area contributed by atoms with Crippen molar-refractivity contribution in [3.63, 3.8) is 0 Å². The molecule has 86 valence electrons. The number of halogens is 1. The first kappa shape index (κ1) is 12.0. The molecular weight excluding hydrogens is 243 g/mol. The molecule has 1 aromatic rings. The summed E-state index contributed by atoms with van der Waals surface area (Å²) < 4.78 is 12.7. The lowest BCUT2D eigenvalue weighted by atomic mass is 10.1. The Labute approximate surface area is 103 Å². The first-order valence-electron chi connectivity index (χ1n) is 5.22. The number of carbonyl (C=O) groups is 1. The minimum absolute atomic E-state index is 0.129. The van der Waals surface area contributed by atoms with Crippen molar-refractivity contribution in [1.29, 1.82) is 0 Å². The second-order valence-electron chi connectivity index (χ2n) is 3.70. The molecule has 1 atom stereocenters. The number of thioether (sulfide) groups is 2. The Morgan fingerprint density at radius 1 is 1.31 bits per heavy atom. The van der Waals surface area contributed by atoms with Gasteiger partial charge in [0.25, 0.3) is 0 Å². The topological polar surface area (TPSA) is 17.1 Å². The van der Waals surface area contributed by atoms with Crippen molar-refractivity contribution in [2.75, 3.05) is 17.3 Å². The minimum Gasteiger partial charge on any atom is -0.298 e. The quantitative estimate of drug-likeness (QED) is 0.828. The number of hydrogen-bond acceptors (Lipinski definition) is 3. The predicted molar refractivity (Wildman–Crippen MR) is 68.7 cm³/mol. The fourth-order valence-electron chi connectivity index (χ4n) is 1.59. The maximum absolute atomic E-state index is 12.7. The van der Waals surface area contributed by atoms with E-state index >= 15 is 0 Å². The SMILES string of the molecule is O=C(Cc1ccc(F)cc1)C1CSCCS1. The van der Waals surface area contributed by atoms with Gasteiger partial charge in [0.2, 0.25) is 0 Å². The fourth-order valence-corrected chi connectivity index (χ4v) is 4.24. The van der Waals surface area contributed by atoms with Crippen LogP contribution in [0.1, 0.15) is 5.56 Å². The number of benzene rings is 1. The molecule has 2 rings (SSSR count). The highest BCUT2D eigenvalue weighted by molar-refractivity contribution is 8.07. The van der Waals surface area contributed by atoms with E-state index in [-0.39, 0.29) is 16.9 Å². The van der Waals surface area contributed by atoms with Crippen LogP contribution in [-0.4, -0.2) is 28.3 Å². The zero-order chi connectivity index (χ0) is 11.4. The lowest BCUT2D eigenvalue weighted by Gasteiger charge is -2.19. The van der Waals surface area contributed by atoms with Gasteiger partial charge in [0, 0.05) is 23.7 Å². The molecule has 1 heterocycles. The summed E-state index contributed by atoms with van der Waals surface area (Å²) >= 11 is 3.59. The second-order valence-corrected chi connectivity index (χ2v) is 6.16. The molecule has 0 bridgehead atoms. The molecular formula is C12H13FOS2. The van der Waals surface area contributed by atoms with Crippen molar-refractivity contribution in [3.05, 3.63) is 35.6 Å². The highest BCUT2D eigenvalue weighted by Crippen LogP contribution is 2.25. The van der Waals surface area contributed by atoms with Crippen LogP contribution in [0.5, 0.6) is 0 Å². The zero-order valence-electron chi connectivity index (χ0n) is 8.82. The largest absolute Gasteiger partial charge is 0.298 e. The number of hydrogen-bond donors (Lipinski definition) is 0. The van der Waals surface area contributed by atoms with Gasteiger partial charge in [0.15, 0.2) is 5.78 Å². The van der Waals surface area contributed by atoms with Gasteiger partial charge in [-0.3, -0.25) is 4.79 Å². The molecule has 0 aromatic heterocycles. The summed E-state index contributed by atoms with van der Waals surface area (Å²) in [5.41, 5.74) is 0.905. The summed E-state index contributed by atoms with van der Waals surface area (Å²) in [6.45, 7) is 0. The van der Waals surface area contributed by atoms with Gasteiger partial charge < -0.3 is 0 Å². The Hall–Kier alpha value is -0.480. The van der Waals surface area contributed by atoms with E-state index in [0.717, 1.165) is 22.8 Å². The first-order chi connectivity index (χ1) is 7.75. The number of carbonyl (C=O) groups excluding carboxylic acids is 1. The van der Waals surface area contributed by atoms with Gasteiger partial charge in [-0.1, -0.05) is 12.1 Å². The summed E-state index contributed by atoms with van der Waals surface area (Å²) in [4.78, 5) is 11.9. The molecule has 16 heavy (non-hydrogen) atoms. The normalized spacial score (nSPS) is 20.7. The van der Waals surface area contributed by atoms with Crippen molar-refractivity contribution < 1.29 is 9.18 Å². The Morgan fingerprint density at radius 3 is 2.69 bits per heavy atom. The van der Waals surface area contributed by atoms with Gasteiger partial charge in [-0.25, -0.2) is 4.39 Å². The Bertz CT molecular complexity index is 358. The summed E-state index contributed by atoms with van der Waals surface area (Å²) in [5, 5.41) is 0.129. The lowest BCUT2D eigenvalue weighted by molar-refractivity contribution is -0.117. The van der Waals surface area contributed by atoms with Crippen molar-refractivity contribution in [3.8, 4) is 0 Å². The summed E-state index contributed by atoms with van der Waals surface area (Å²) in [7, 11) is 0. The van der Waals surface area contributed by atoms with E-state index in [2.05, 4.69) is 0 Å². The van der Waals surface area contributed by atoms with Crippen molar-refractivity contribution in [1.82, 2.24) is 0 Å². The molecule has 0 spiro atoms. The number of ketones is 1. The van der Waals surface area contributed by atoms with Crippen LogP contribution in [0.4, 0.5) is 4.39 Å². The van der Waals surface area contributed by atoms with E-state index in [9.17, 15) is 9.18 Å². The van der Waals surface area contributed by atoms with Crippen LogP contribution in [0, 0.1) is 5.82 Å². The molecule has 0 radical (unpaired) electrons. The second kappa shape index (κ2) is 5.73. The van der Waals surface area contributed by atoms with Gasteiger partial charge in [0.05, 0.1) is 5.25 Å². The molecule has 1 aromatic carbocycles. The smallest absolute Gasteiger partial charge is 0.151 e. The minimum atomic E-state index is -0.251. The van der Waals surface area contributed by atoms with Crippen LogP contribution in [0.15, 0.2) is 24.3 Å². The third-order valence-corrected chi connectivity index (χ3v) is 5.27. The van der Waals surface area contributed by atoms with E-state index < -0.39 is 0 Å². The average molecular weight is 256 g/mol. The van der Waals surface area contributed by atoms with Gasteiger partial charge in [-0.05, 0) is 17.7 Å². The predicted octanol–water partition coefficient (Wildman–Crippen LogP) is 2.79. The monoisotopic (exact) mass is 256 g/mol. The highest BCUT2D eigenvalue weighted by atomic mass is 32.2. The van der Waals surface area contributed by atoms with E-state index in [1.807, 2.05) is 11.8 Å². The molecule has 1 nitrogen and oxygen atoms in total. The van der Waals surface area contributed by atoms with Crippen molar-refractivity contribution in [2.24, 2.45) is 0 Å². The van der Waals surface area contributed by atoms with E-state index in [0.29, 0.717) is 6.42 Å². The Balaban J connectivity index is 1.93. The van der Waals surface area contributed by atoms with E-state index in [4.69, 9.17) is 0 Å². The Kier molecular flexibility index (Phi) is 4.29. The summed E-state index contributed by atoms with van der Waals surface area (Å²) in [5.74, 6) is 3.14. The van der Waals surface area contributed by atoms with Crippen LogP contribution >= 0.6 is 23.5 Å². The third kappa shape index (κ3) is 3.25. The molecule has 1 saturated heterocycles. The highest BCUT2D eigenvalue weighted by Gasteiger charge is 2.21. The van der Waals surface area contributed by atoms with Gasteiger partial charge in [-0.2, -0.15) is 11.8 Å². The third-order valence-electron chi connectivity index (χ3n) is 2.47. The number of rotatable bonds is 3. The van der Waals surface area contributed by atoms with Crippen molar-refractivity contribution >= 4 is 29.3 Å². The van der Waals surface area contributed by atoms with Gasteiger partial charge in [0.1, 0.15) is 5.82 Å². The van der Waals surface area contributed by atoms with Crippen LogP contribution in [0.25, 0.3) is 0 Å². The molecule has 0 N–H and O–H groups in total. The van der Waals surface area contributed by atoms with Gasteiger partial charge >= 0.3 is 0 Å². The lowest BCUT2D eigenvalue weighted by Crippen LogP contribution is -2.25. The zero-order valence-corrected chi connectivity index (χ0v) is 10.5. The van der Waals surface area contributed by atoms with E-state index in [1.165, 1.54) is 12.1 Å². The van der Waals surface area contributed by atoms with Crippen LogP contribution < -0.4 is 0 Å². The molecule has 1 aliphatic heterocycles. The van der Waals surface area contributed by atoms with Crippen LogP contribution in [-0.2, 0) is 11.2 Å². The maximum Gasteiger partial charge on any atom is 0.151 e. The molecule has 0 saturated carbocycles. The molecule has 0 aliphatic carbocycles. The Morgan fingerprint density at radius 2 is 2.06 bits per heavy atom. The summed E-state index contributed by atoms with van der Waals surface area (Å²) in [6.07, 6.45) is 0.429. The van der Waals surface area contributed by atoms with Crippen LogP contribution in [0.3, 0.4) is 0 Å². The molecule has 1 aliphatic rings. The van der Waals surface area contributed by atoms with Gasteiger partial charge in [-0.15, -0.1) is 11.8 Å². The molecule has 0 amide bonds. The maximum atomic E-state index is 12.7. The van der Waals surface area contributed by atoms with E-state index in [1.54, 1.807) is 23.9 Å². The molecule has 1 fully saturated rings. The molecule has 1 unspecified atom stereocenters.